The summed E-state index contributed by atoms with van der Waals surface area (Å²) in [6.45, 7) is -0.131. The first kappa shape index (κ1) is 12.6. The third kappa shape index (κ3) is 2.52. The molecule has 0 aliphatic carbocycles. The summed E-state index contributed by atoms with van der Waals surface area (Å²) >= 11 is 1.51. The van der Waals surface area contributed by atoms with Crippen molar-refractivity contribution in [2.45, 2.75) is 6.04 Å². The number of nitrogens with one attached hydrogen (secondary N) is 2. The van der Waals surface area contributed by atoms with E-state index in [1.807, 2.05) is 16.8 Å². The lowest BCUT2D eigenvalue weighted by molar-refractivity contribution is 0.276. The van der Waals surface area contributed by atoms with E-state index in [4.69, 9.17) is 0 Å². The van der Waals surface area contributed by atoms with Gasteiger partial charge in [0.1, 0.15) is 5.82 Å². The first-order chi connectivity index (χ1) is 8.61. The van der Waals surface area contributed by atoms with Crippen molar-refractivity contribution in [1.29, 1.82) is 0 Å². The molecule has 2 rings (SSSR count). The van der Waals surface area contributed by atoms with Gasteiger partial charge in [-0.1, -0.05) is 0 Å². The van der Waals surface area contributed by atoms with Gasteiger partial charge in [-0.25, -0.2) is 4.79 Å². The Bertz CT molecular complexity index is 598. The van der Waals surface area contributed by atoms with Crippen LogP contribution in [0.5, 0.6) is 0 Å². The lowest BCUT2D eigenvalue weighted by atomic mass is 10.1. The topological polar surface area (TPSA) is 87.1 Å². The van der Waals surface area contributed by atoms with Crippen molar-refractivity contribution in [2.75, 3.05) is 11.9 Å². The minimum Gasteiger partial charge on any atom is -0.394 e. The van der Waals surface area contributed by atoms with Crippen molar-refractivity contribution < 1.29 is 5.11 Å². The Morgan fingerprint density at radius 3 is 2.89 bits per heavy atom. The van der Waals surface area contributed by atoms with Crippen molar-refractivity contribution in [3.8, 4) is 0 Å². The maximum Gasteiger partial charge on any atom is 0.329 e. The number of H-pyrrole nitrogens is 1. The molecule has 2 aromatic heterocycles. The molecule has 0 aliphatic heterocycles. The van der Waals surface area contributed by atoms with E-state index >= 15 is 0 Å². The molecule has 7 heteroatoms. The fourth-order valence-electron chi connectivity index (χ4n) is 1.53. The number of nitrogens with zero attached hydrogens (tertiary/aromatic N) is 1. The van der Waals surface area contributed by atoms with Crippen LogP contribution in [0.4, 0.5) is 5.82 Å². The molecule has 18 heavy (non-hydrogen) atoms. The highest BCUT2D eigenvalue weighted by Gasteiger charge is 2.11. The van der Waals surface area contributed by atoms with Crippen LogP contribution in [0.2, 0.25) is 0 Å². The zero-order chi connectivity index (χ0) is 13.1. The predicted octanol–water partition coefficient (Wildman–Crippen LogP) is 0.281. The van der Waals surface area contributed by atoms with E-state index in [1.165, 1.54) is 24.5 Å². The normalized spacial score (nSPS) is 12.3. The number of anilines is 1. The summed E-state index contributed by atoms with van der Waals surface area (Å²) < 4.78 is 0.976. The SMILES string of the molecule is Cn1c(=O)cc(NC(CO)c2ccsc2)[nH]c1=O. The second-order valence-corrected chi connectivity index (χ2v) is 4.60. The fraction of sp³-hybridized carbons (Fsp3) is 0.273. The summed E-state index contributed by atoms with van der Waals surface area (Å²) in [6, 6.07) is 2.81. The smallest absolute Gasteiger partial charge is 0.329 e. The summed E-state index contributed by atoms with van der Waals surface area (Å²) in [5, 5.41) is 16.0. The number of thiophene rings is 1. The second kappa shape index (κ2) is 5.19. The quantitative estimate of drug-likeness (QED) is 0.742. The Morgan fingerprint density at radius 1 is 1.56 bits per heavy atom. The van der Waals surface area contributed by atoms with Crippen LogP contribution < -0.4 is 16.6 Å². The monoisotopic (exact) mass is 267 g/mol. The highest BCUT2D eigenvalue weighted by molar-refractivity contribution is 7.07. The number of aliphatic hydroxyl groups is 1. The van der Waals surface area contributed by atoms with E-state index in [1.54, 1.807) is 0 Å². The van der Waals surface area contributed by atoms with Gasteiger partial charge in [0.2, 0.25) is 0 Å². The first-order valence-electron chi connectivity index (χ1n) is 5.31. The number of aromatic amines is 1. The van der Waals surface area contributed by atoms with E-state index < -0.39 is 11.2 Å². The van der Waals surface area contributed by atoms with Gasteiger partial charge in [0.05, 0.1) is 12.6 Å². The van der Waals surface area contributed by atoms with Gasteiger partial charge < -0.3 is 10.4 Å². The number of rotatable bonds is 4. The van der Waals surface area contributed by atoms with Crippen LogP contribution in [-0.2, 0) is 7.05 Å². The zero-order valence-corrected chi connectivity index (χ0v) is 10.5. The van der Waals surface area contributed by atoms with Crippen LogP contribution in [-0.4, -0.2) is 21.3 Å². The summed E-state index contributed by atoms with van der Waals surface area (Å²) in [5.74, 6) is 0.299. The minimum absolute atomic E-state index is 0.131. The van der Waals surface area contributed by atoms with E-state index in [0.717, 1.165) is 10.1 Å². The van der Waals surface area contributed by atoms with Crippen LogP contribution in [0.3, 0.4) is 0 Å². The molecule has 0 radical (unpaired) electrons. The molecule has 3 N–H and O–H groups in total. The molecule has 0 amide bonds. The van der Waals surface area contributed by atoms with Crippen molar-refractivity contribution in [3.63, 3.8) is 0 Å². The fourth-order valence-corrected chi connectivity index (χ4v) is 2.24. The van der Waals surface area contributed by atoms with Crippen molar-refractivity contribution in [2.24, 2.45) is 7.05 Å². The van der Waals surface area contributed by atoms with Crippen molar-refractivity contribution >= 4 is 17.2 Å². The van der Waals surface area contributed by atoms with Gasteiger partial charge in [0.15, 0.2) is 0 Å². The Morgan fingerprint density at radius 2 is 2.33 bits per heavy atom. The van der Waals surface area contributed by atoms with Gasteiger partial charge in [-0.3, -0.25) is 14.3 Å². The third-order valence-corrected chi connectivity index (χ3v) is 3.30. The molecule has 0 fully saturated rings. The predicted molar refractivity (Wildman–Crippen MR) is 70.1 cm³/mol. The Balaban J connectivity index is 2.28. The molecule has 0 aliphatic rings. The van der Waals surface area contributed by atoms with Gasteiger partial charge in [-0.15, -0.1) is 0 Å². The molecule has 2 aromatic rings. The molecule has 0 saturated heterocycles. The third-order valence-electron chi connectivity index (χ3n) is 2.60. The van der Waals surface area contributed by atoms with Gasteiger partial charge >= 0.3 is 5.69 Å². The molecule has 2 heterocycles. The number of hydrogen-bond donors (Lipinski definition) is 3. The van der Waals surface area contributed by atoms with Gasteiger partial charge in [-0.2, -0.15) is 11.3 Å². The lowest BCUT2D eigenvalue weighted by Crippen LogP contribution is -2.33. The average molecular weight is 267 g/mol. The molecule has 0 spiro atoms. The number of aromatic nitrogens is 2. The maximum atomic E-state index is 11.5. The van der Waals surface area contributed by atoms with Gasteiger partial charge in [-0.05, 0) is 22.4 Å². The Kier molecular flexibility index (Phi) is 3.63. The molecule has 0 bridgehead atoms. The van der Waals surface area contributed by atoms with Crippen molar-refractivity contribution in [1.82, 2.24) is 9.55 Å². The van der Waals surface area contributed by atoms with E-state index in [9.17, 15) is 14.7 Å². The highest BCUT2D eigenvalue weighted by Crippen LogP contribution is 2.19. The van der Waals surface area contributed by atoms with Crippen LogP contribution >= 0.6 is 11.3 Å². The summed E-state index contributed by atoms with van der Waals surface area (Å²) in [4.78, 5) is 25.4. The minimum atomic E-state index is -0.494. The molecule has 1 atom stereocenters. The van der Waals surface area contributed by atoms with E-state index in [-0.39, 0.29) is 12.6 Å². The van der Waals surface area contributed by atoms with Crippen molar-refractivity contribution in [3.05, 3.63) is 49.3 Å². The molecular formula is C11H13N3O3S. The largest absolute Gasteiger partial charge is 0.394 e. The lowest BCUT2D eigenvalue weighted by Gasteiger charge is -2.16. The average Bonchev–Trinajstić information content (AvgIpc) is 2.86. The molecular weight excluding hydrogens is 254 g/mol. The summed E-state index contributed by atoms with van der Waals surface area (Å²) in [5.41, 5.74) is 0.0132. The highest BCUT2D eigenvalue weighted by atomic mass is 32.1. The van der Waals surface area contributed by atoms with E-state index in [0.29, 0.717) is 5.82 Å². The summed E-state index contributed by atoms with van der Waals surface area (Å²) in [7, 11) is 1.40. The molecule has 0 saturated carbocycles. The number of hydrogen-bond acceptors (Lipinski definition) is 5. The van der Waals surface area contributed by atoms with Crippen LogP contribution in [0.25, 0.3) is 0 Å². The molecule has 96 valence electrons. The number of aliphatic hydroxyl groups excluding tert-OH is 1. The van der Waals surface area contributed by atoms with Crippen LogP contribution in [0.15, 0.2) is 32.5 Å². The van der Waals surface area contributed by atoms with Gasteiger partial charge in [0, 0.05) is 13.1 Å². The molecule has 0 aromatic carbocycles. The van der Waals surface area contributed by atoms with Crippen LogP contribution in [0.1, 0.15) is 11.6 Å². The Hall–Kier alpha value is -1.86. The maximum absolute atomic E-state index is 11.5. The molecule has 6 nitrogen and oxygen atoms in total. The zero-order valence-electron chi connectivity index (χ0n) is 9.71. The first-order valence-corrected chi connectivity index (χ1v) is 6.26. The standard InChI is InChI=1S/C11H13N3O3S/c1-14-10(16)4-9(13-11(14)17)12-8(5-15)7-2-3-18-6-7/h2-4,6,8,12,15H,5H2,1H3,(H,13,17). The summed E-state index contributed by atoms with van der Waals surface area (Å²) in [6.07, 6.45) is 0. The van der Waals surface area contributed by atoms with Gasteiger partial charge in [0.25, 0.3) is 5.56 Å². The van der Waals surface area contributed by atoms with Crippen LogP contribution in [0, 0.1) is 0 Å². The second-order valence-electron chi connectivity index (χ2n) is 3.82. The Labute approximate surface area is 107 Å². The molecule has 1 unspecified atom stereocenters. The van der Waals surface area contributed by atoms with E-state index in [2.05, 4.69) is 10.3 Å².